The van der Waals surface area contributed by atoms with Gasteiger partial charge in [-0.2, -0.15) is 4.31 Å². The van der Waals surface area contributed by atoms with Gasteiger partial charge in [0.25, 0.3) is 5.91 Å². The number of carbonyl (C=O) groups is 1. The summed E-state index contributed by atoms with van der Waals surface area (Å²) in [6.45, 7) is 1.53. The topological polar surface area (TPSA) is 91.5 Å². The fourth-order valence-corrected chi connectivity index (χ4v) is 4.10. The van der Waals surface area contributed by atoms with Crippen LogP contribution in [0.25, 0.3) is 0 Å². The third kappa shape index (κ3) is 4.12. The highest BCUT2D eigenvalue weighted by atomic mass is 32.2. The van der Waals surface area contributed by atoms with Crippen LogP contribution in [0, 0.1) is 5.82 Å². The van der Waals surface area contributed by atoms with Crippen LogP contribution in [0.5, 0.6) is 0 Å². The number of hydrogen-bond acceptors (Lipinski definition) is 4. The summed E-state index contributed by atoms with van der Waals surface area (Å²) in [4.78, 5) is 14.9. The van der Waals surface area contributed by atoms with Crippen LogP contribution < -0.4 is 5.32 Å². The molecule has 1 aromatic heterocycles. The van der Waals surface area contributed by atoms with Gasteiger partial charge in [-0.1, -0.05) is 18.2 Å². The van der Waals surface area contributed by atoms with Crippen molar-refractivity contribution >= 4 is 15.9 Å². The standard InChI is InChI=1S/C17H20FN3O4S/c18-15-4-2-1-3-13(15)5-6-19-17(22)16-11-14(12-20-16)26(23,24)21-7-9-25-10-8-21/h1-4,11-12,20H,5-10H2,(H,19,22). The van der Waals surface area contributed by atoms with Crippen molar-refractivity contribution in [2.45, 2.75) is 11.3 Å². The number of aromatic amines is 1. The summed E-state index contributed by atoms with van der Waals surface area (Å²) in [5, 5.41) is 2.65. The number of carbonyl (C=O) groups excluding carboxylic acids is 1. The lowest BCUT2D eigenvalue weighted by atomic mass is 10.1. The molecule has 1 aromatic carbocycles. The first-order chi connectivity index (χ1) is 12.5. The molecular formula is C17H20FN3O4S. The Bertz CT molecular complexity index is 876. The molecule has 0 atom stereocenters. The quantitative estimate of drug-likeness (QED) is 0.785. The highest BCUT2D eigenvalue weighted by Crippen LogP contribution is 2.18. The van der Waals surface area contributed by atoms with E-state index in [-0.39, 0.29) is 36.0 Å². The predicted octanol–water partition coefficient (Wildman–Crippen LogP) is 1.15. The van der Waals surface area contributed by atoms with E-state index in [1.807, 2.05) is 0 Å². The van der Waals surface area contributed by atoms with Gasteiger partial charge in [0.05, 0.1) is 13.2 Å². The molecule has 1 aliphatic rings. The third-order valence-corrected chi connectivity index (χ3v) is 6.02. The number of benzene rings is 1. The Balaban J connectivity index is 1.60. The smallest absolute Gasteiger partial charge is 0.267 e. The van der Waals surface area contributed by atoms with E-state index in [9.17, 15) is 17.6 Å². The van der Waals surface area contributed by atoms with Gasteiger partial charge in [0, 0.05) is 25.8 Å². The fourth-order valence-electron chi connectivity index (χ4n) is 2.70. The van der Waals surface area contributed by atoms with Crippen LogP contribution in [0.4, 0.5) is 4.39 Å². The second-order valence-corrected chi connectivity index (χ2v) is 7.80. The maximum Gasteiger partial charge on any atom is 0.267 e. The molecule has 26 heavy (non-hydrogen) atoms. The molecule has 1 amide bonds. The van der Waals surface area contributed by atoms with Gasteiger partial charge in [0.2, 0.25) is 10.0 Å². The first-order valence-corrected chi connectivity index (χ1v) is 9.70. The number of H-pyrrole nitrogens is 1. The third-order valence-electron chi connectivity index (χ3n) is 4.15. The molecule has 1 fully saturated rings. The summed E-state index contributed by atoms with van der Waals surface area (Å²) in [5.74, 6) is -0.759. The lowest BCUT2D eigenvalue weighted by molar-refractivity contribution is 0.0730. The van der Waals surface area contributed by atoms with E-state index < -0.39 is 15.9 Å². The predicted molar refractivity (Wildman–Crippen MR) is 92.8 cm³/mol. The van der Waals surface area contributed by atoms with Crippen molar-refractivity contribution in [3.05, 3.63) is 53.6 Å². The van der Waals surface area contributed by atoms with Crippen LogP contribution in [-0.2, 0) is 21.2 Å². The zero-order valence-corrected chi connectivity index (χ0v) is 14.9. The molecule has 2 heterocycles. The summed E-state index contributed by atoms with van der Waals surface area (Å²) in [6.07, 6.45) is 1.65. The lowest BCUT2D eigenvalue weighted by Crippen LogP contribution is -2.40. The molecule has 1 saturated heterocycles. The van der Waals surface area contributed by atoms with Gasteiger partial charge in [-0.05, 0) is 24.1 Å². The molecule has 0 saturated carbocycles. The lowest BCUT2D eigenvalue weighted by Gasteiger charge is -2.25. The van der Waals surface area contributed by atoms with Gasteiger partial charge in [-0.3, -0.25) is 4.79 Å². The molecule has 9 heteroatoms. The minimum absolute atomic E-state index is 0.0404. The Labute approximate surface area is 151 Å². The van der Waals surface area contributed by atoms with Gasteiger partial charge in [-0.25, -0.2) is 12.8 Å². The Hall–Kier alpha value is -2.23. The summed E-state index contributed by atoms with van der Waals surface area (Å²) in [6, 6.07) is 7.66. The number of nitrogens with zero attached hydrogens (tertiary/aromatic N) is 1. The van der Waals surface area contributed by atoms with Crippen molar-refractivity contribution in [3.63, 3.8) is 0 Å². The molecule has 0 spiro atoms. The van der Waals surface area contributed by atoms with Crippen LogP contribution in [0.2, 0.25) is 0 Å². The zero-order valence-electron chi connectivity index (χ0n) is 14.1. The van der Waals surface area contributed by atoms with E-state index in [0.717, 1.165) is 0 Å². The number of rotatable bonds is 6. The Kier molecular flexibility index (Phi) is 5.70. The van der Waals surface area contributed by atoms with E-state index in [2.05, 4.69) is 10.3 Å². The van der Waals surface area contributed by atoms with E-state index in [1.165, 1.54) is 22.6 Å². The van der Waals surface area contributed by atoms with E-state index in [1.54, 1.807) is 18.2 Å². The summed E-state index contributed by atoms with van der Waals surface area (Å²) >= 11 is 0. The van der Waals surface area contributed by atoms with E-state index >= 15 is 0 Å². The molecule has 2 aromatic rings. The second kappa shape index (κ2) is 7.98. The number of nitrogens with one attached hydrogen (secondary N) is 2. The Morgan fingerprint density at radius 1 is 1.27 bits per heavy atom. The van der Waals surface area contributed by atoms with Gasteiger partial charge < -0.3 is 15.0 Å². The van der Waals surface area contributed by atoms with Crippen molar-refractivity contribution in [3.8, 4) is 0 Å². The average Bonchev–Trinajstić information content (AvgIpc) is 3.15. The number of amides is 1. The van der Waals surface area contributed by atoms with E-state index in [4.69, 9.17) is 4.74 Å². The summed E-state index contributed by atoms with van der Waals surface area (Å²) < 4.78 is 45.1. The molecule has 0 bridgehead atoms. The maximum atomic E-state index is 13.5. The molecular weight excluding hydrogens is 361 g/mol. The van der Waals surface area contributed by atoms with Crippen molar-refractivity contribution in [2.24, 2.45) is 0 Å². The number of sulfonamides is 1. The molecule has 2 N–H and O–H groups in total. The highest BCUT2D eigenvalue weighted by molar-refractivity contribution is 7.89. The van der Waals surface area contributed by atoms with Gasteiger partial charge in [0.1, 0.15) is 16.4 Å². The largest absolute Gasteiger partial charge is 0.379 e. The molecule has 140 valence electrons. The number of ether oxygens (including phenoxy) is 1. The van der Waals surface area contributed by atoms with Crippen LogP contribution in [-0.4, -0.2) is 56.5 Å². The first kappa shape index (κ1) is 18.6. The van der Waals surface area contributed by atoms with Gasteiger partial charge in [-0.15, -0.1) is 0 Å². The van der Waals surface area contributed by atoms with Crippen LogP contribution >= 0.6 is 0 Å². The minimum Gasteiger partial charge on any atom is -0.379 e. The number of morpholine rings is 1. The Morgan fingerprint density at radius 2 is 2.00 bits per heavy atom. The van der Waals surface area contributed by atoms with Crippen molar-refractivity contribution in [1.29, 1.82) is 0 Å². The fraction of sp³-hybridized carbons (Fsp3) is 0.353. The molecule has 1 aliphatic heterocycles. The number of hydrogen-bond donors (Lipinski definition) is 2. The van der Waals surface area contributed by atoms with Crippen LogP contribution in [0.15, 0.2) is 41.4 Å². The van der Waals surface area contributed by atoms with Crippen molar-refractivity contribution in [2.75, 3.05) is 32.8 Å². The highest BCUT2D eigenvalue weighted by Gasteiger charge is 2.27. The molecule has 3 rings (SSSR count). The normalized spacial score (nSPS) is 15.7. The Morgan fingerprint density at radius 3 is 2.73 bits per heavy atom. The monoisotopic (exact) mass is 381 g/mol. The zero-order chi connectivity index (χ0) is 18.6. The first-order valence-electron chi connectivity index (χ1n) is 8.26. The molecule has 0 unspecified atom stereocenters. The SMILES string of the molecule is O=C(NCCc1ccccc1F)c1cc(S(=O)(=O)N2CCOCC2)c[nH]1. The second-order valence-electron chi connectivity index (χ2n) is 5.86. The average molecular weight is 381 g/mol. The molecule has 0 radical (unpaired) electrons. The molecule has 7 nitrogen and oxygen atoms in total. The van der Waals surface area contributed by atoms with Crippen molar-refractivity contribution < 1.29 is 22.3 Å². The van der Waals surface area contributed by atoms with E-state index in [0.29, 0.717) is 25.2 Å². The summed E-state index contributed by atoms with van der Waals surface area (Å²) in [5.41, 5.74) is 0.653. The molecule has 0 aliphatic carbocycles. The van der Waals surface area contributed by atoms with Crippen LogP contribution in [0.3, 0.4) is 0 Å². The number of aromatic nitrogens is 1. The van der Waals surface area contributed by atoms with Gasteiger partial charge >= 0.3 is 0 Å². The van der Waals surface area contributed by atoms with Crippen LogP contribution in [0.1, 0.15) is 16.1 Å². The maximum absolute atomic E-state index is 13.5. The van der Waals surface area contributed by atoms with Gasteiger partial charge in [0.15, 0.2) is 0 Å². The van der Waals surface area contributed by atoms with Crippen molar-refractivity contribution in [1.82, 2.24) is 14.6 Å². The minimum atomic E-state index is -3.65. The summed E-state index contributed by atoms with van der Waals surface area (Å²) in [7, 11) is -3.65. The number of halogens is 1.